The molecule has 2 aromatic rings. The van der Waals surface area contributed by atoms with Gasteiger partial charge < -0.3 is 16.4 Å². The highest BCUT2D eigenvalue weighted by atomic mass is 79.9. The summed E-state index contributed by atoms with van der Waals surface area (Å²) in [5.74, 6) is 0.959. The highest BCUT2D eigenvalue weighted by Gasteiger charge is 2.25. The molecule has 92 valence electrons. The summed E-state index contributed by atoms with van der Waals surface area (Å²) in [5.41, 5.74) is 12.8. The van der Waals surface area contributed by atoms with Crippen LogP contribution in [0.1, 0.15) is 12.0 Å². The van der Waals surface area contributed by atoms with Crippen molar-refractivity contribution in [3.05, 3.63) is 40.8 Å². The molecule has 0 spiro atoms. The van der Waals surface area contributed by atoms with Gasteiger partial charge in [0.25, 0.3) is 0 Å². The summed E-state index contributed by atoms with van der Waals surface area (Å²) in [6.45, 7) is 0. The van der Waals surface area contributed by atoms with Gasteiger partial charge in [-0.15, -0.1) is 10.2 Å². The number of benzene rings is 1. The van der Waals surface area contributed by atoms with Crippen LogP contribution in [-0.4, -0.2) is 14.8 Å². The fourth-order valence-electron chi connectivity index (χ4n) is 1.91. The normalized spacial score (nSPS) is 17.9. The first-order chi connectivity index (χ1) is 8.66. The minimum absolute atomic E-state index is 0.339. The Hall–Kier alpha value is -1.86. The van der Waals surface area contributed by atoms with Crippen molar-refractivity contribution >= 4 is 33.8 Å². The zero-order valence-electron chi connectivity index (χ0n) is 9.36. The van der Waals surface area contributed by atoms with E-state index in [0.29, 0.717) is 11.8 Å². The summed E-state index contributed by atoms with van der Waals surface area (Å²) in [6.07, 6.45) is 3.25. The maximum absolute atomic E-state index is 6.17. The Kier molecular flexibility index (Phi) is 2.57. The quantitative estimate of drug-likeness (QED) is 0.834. The molecule has 1 aliphatic heterocycles. The van der Waals surface area contributed by atoms with Gasteiger partial charge in [-0.1, -0.05) is 22.0 Å². The number of aromatic nitrogens is 3. The van der Waals surface area contributed by atoms with E-state index in [1.807, 2.05) is 35.4 Å². The number of nitrogens with two attached hydrogens (primary N) is 2. The van der Waals surface area contributed by atoms with Gasteiger partial charge in [-0.2, -0.15) is 0 Å². The van der Waals surface area contributed by atoms with Crippen molar-refractivity contribution in [3.63, 3.8) is 0 Å². The molecule has 1 aromatic heterocycles. The van der Waals surface area contributed by atoms with Crippen LogP contribution in [0.25, 0.3) is 6.20 Å². The minimum atomic E-state index is -0.408. The standard InChI is InChI=1S/C11H11BrN6/c12-7-2-1-3-8(6-7)17-4-5-18-10(9(17)13)15-16-11(18)14/h1-6,9H,13H2,(H2,14,16). The third-order valence-corrected chi connectivity index (χ3v) is 3.29. The van der Waals surface area contributed by atoms with Crippen molar-refractivity contribution in [2.24, 2.45) is 5.73 Å². The van der Waals surface area contributed by atoms with Gasteiger partial charge in [0, 0.05) is 22.6 Å². The number of rotatable bonds is 1. The molecule has 3 rings (SSSR count). The maximum atomic E-state index is 6.17. The van der Waals surface area contributed by atoms with Crippen LogP contribution < -0.4 is 16.4 Å². The van der Waals surface area contributed by atoms with Crippen LogP contribution in [0.2, 0.25) is 0 Å². The van der Waals surface area contributed by atoms with Crippen molar-refractivity contribution in [3.8, 4) is 0 Å². The predicted molar refractivity (Wildman–Crippen MR) is 73.3 cm³/mol. The summed E-state index contributed by atoms with van der Waals surface area (Å²) in [5, 5.41) is 7.81. The van der Waals surface area contributed by atoms with Crippen LogP contribution in [0, 0.1) is 0 Å². The zero-order chi connectivity index (χ0) is 12.7. The Balaban J connectivity index is 2.03. The molecule has 1 aliphatic rings. The number of hydrogen-bond donors (Lipinski definition) is 2. The maximum Gasteiger partial charge on any atom is 0.226 e. The first-order valence-electron chi connectivity index (χ1n) is 5.35. The Morgan fingerprint density at radius 2 is 2.06 bits per heavy atom. The molecule has 4 N–H and O–H groups in total. The summed E-state index contributed by atoms with van der Waals surface area (Å²) in [7, 11) is 0. The molecule has 6 nitrogen and oxygen atoms in total. The van der Waals surface area contributed by atoms with Gasteiger partial charge in [0.05, 0.1) is 0 Å². The molecule has 18 heavy (non-hydrogen) atoms. The van der Waals surface area contributed by atoms with Crippen LogP contribution >= 0.6 is 15.9 Å². The van der Waals surface area contributed by atoms with Crippen molar-refractivity contribution in [2.75, 3.05) is 10.6 Å². The average molecular weight is 307 g/mol. The van der Waals surface area contributed by atoms with Gasteiger partial charge in [-0.3, -0.25) is 4.57 Å². The second-order valence-electron chi connectivity index (χ2n) is 3.92. The van der Waals surface area contributed by atoms with E-state index in [-0.39, 0.29) is 0 Å². The number of hydrogen-bond acceptors (Lipinski definition) is 5. The molecule has 1 unspecified atom stereocenters. The number of nitrogens with zero attached hydrogens (tertiary/aromatic N) is 4. The second kappa shape index (κ2) is 4.11. The van der Waals surface area contributed by atoms with E-state index in [2.05, 4.69) is 26.1 Å². The van der Waals surface area contributed by atoms with Gasteiger partial charge in [0.1, 0.15) is 6.17 Å². The van der Waals surface area contributed by atoms with Crippen LogP contribution in [0.3, 0.4) is 0 Å². The first kappa shape index (κ1) is 11.2. The number of nitrogen functional groups attached to an aromatic ring is 1. The topological polar surface area (TPSA) is 86.0 Å². The van der Waals surface area contributed by atoms with Gasteiger partial charge in [0.15, 0.2) is 5.82 Å². The fraction of sp³-hybridized carbons (Fsp3) is 0.0909. The Morgan fingerprint density at radius 1 is 1.22 bits per heavy atom. The molecule has 0 saturated carbocycles. The lowest BCUT2D eigenvalue weighted by Gasteiger charge is -2.30. The molecule has 0 amide bonds. The van der Waals surface area contributed by atoms with Gasteiger partial charge in [-0.05, 0) is 18.2 Å². The molecule has 1 aromatic carbocycles. The fourth-order valence-corrected chi connectivity index (χ4v) is 2.30. The van der Waals surface area contributed by atoms with Crippen molar-refractivity contribution in [2.45, 2.75) is 6.17 Å². The molecule has 0 fully saturated rings. The minimum Gasteiger partial charge on any atom is -0.368 e. The lowest BCUT2D eigenvalue weighted by molar-refractivity contribution is 0.649. The summed E-state index contributed by atoms with van der Waals surface area (Å²) < 4.78 is 2.67. The molecule has 0 radical (unpaired) electrons. The molecular formula is C11H11BrN6. The Bertz CT molecular complexity index is 620. The first-order valence-corrected chi connectivity index (χ1v) is 6.14. The number of anilines is 2. The molecule has 0 saturated heterocycles. The Labute approximate surface area is 112 Å². The molecule has 1 atom stereocenters. The van der Waals surface area contributed by atoms with E-state index in [1.165, 1.54) is 0 Å². The highest BCUT2D eigenvalue weighted by Crippen LogP contribution is 2.29. The second-order valence-corrected chi connectivity index (χ2v) is 4.83. The van der Waals surface area contributed by atoms with E-state index in [1.54, 1.807) is 10.8 Å². The lowest BCUT2D eigenvalue weighted by Crippen LogP contribution is -2.35. The SMILES string of the molecule is Nc1nnc2n1C=CN(c1cccc(Br)c1)C2N. The van der Waals surface area contributed by atoms with Crippen molar-refractivity contribution < 1.29 is 0 Å². The molecular weight excluding hydrogens is 296 g/mol. The van der Waals surface area contributed by atoms with Crippen LogP contribution in [-0.2, 0) is 0 Å². The Morgan fingerprint density at radius 3 is 2.83 bits per heavy atom. The van der Waals surface area contributed by atoms with Gasteiger partial charge >= 0.3 is 0 Å². The van der Waals surface area contributed by atoms with E-state index >= 15 is 0 Å². The number of fused-ring (bicyclic) bond motifs is 1. The highest BCUT2D eigenvalue weighted by molar-refractivity contribution is 9.10. The van der Waals surface area contributed by atoms with E-state index in [0.717, 1.165) is 10.2 Å². The van der Waals surface area contributed by atoms with E-state index in [9.17, 15) is 0 Å². The summed E-state index contributed by atoms with van der Waals surface area (Å²) >= 11 is 3.44. The molecule has 0 aliphatic carbocycles. The third-order valence-electron chi connectivity index (χ3n) is 2.80. The molecule has 0 bridgehead atoms. The lowest BCUT2D eigenvalue weighted by atomic mass is 10.2. The third kappa shape index (κ3) is 1.68. The summed E-state index contributed by atoms with van der Waals surface area (Å²) in [4.78, 5) is 1.91. The number of halogens is 1. The smallest absolute Gasteiger partial charge is 0.226 e. The largest absolute Gasteiger partial charge is 0.368 e. The van der Waals surface area contributed by atoms with E-state index in [4.69, 9.17) is 11.5 Å². The van der Waals surface area contributed by atoms with Crippen molar-refractivity contribution in [1.29, 1.82) is 0 Å². The van der Waals surface area contributed by atoms with Crippen LogP contribution in [0.15, 0.2) is 34.9 Å². The molecule has 2 heterocycles. The van der Waals surface area contributed by atoms with E-state index < -0.39 is 6.17 Å². The molecule has 7 heteroatoms. The predicted octanol–water partition coefficient (Wildman–Crippen LogP) is 1.53. The summed E-state index contributed by atoms with van der Waals surface area (Å²) in [6, 6.07) is 7.88. The average Bonchev–Trinajstić information content (AvgIpc) is 2.73. The van der Waals surface area contributed by atoms with Gasteiger partial charge in [0.2, 0.25) is 5.95 Å². The zero-order valence-corrected chi connectivity index (χ0v) is 10.9. The monoisotopic (exact) mass is 306 g/mol. The van der Waals surface area contributed by atoms with Crippen LogP contribution in [0.5, 0.6) is 0 Å². The van der Waals surface area contributed by atoms with Crippen molar-refractivity contribution in [1.82, 2.24) is 14.8 Å². The van der Waals surface area contributed by atoms with Crippen LogP contribution in [0.4, 0.5) is 11.6 Å². The van der Waals surface area contributed by atoms with Gasteiger partial charge in [-0.25, -0.2) is 0 Å².